The minimum Gasteiger partial charge on any atom is -0.389 e. The highest BCUT2D eigenvalue weighted by molar-refractivity contribution is 9.10. The number of hydrogen-bond acceptors (Lipinski definition) is 4. The fourth-order valence-corrected chi connectivity index (χ4v) is 4.91. The molecule has 0 aromatic heterocycles. The molecular weight excluding hydrogens is 454 g/mol. The second-order valence-corrected chi connectivity index (χ2v) is 9.92. The summed E-state index contributed by atoms with van der Waals surface area (Å²) in [5, 5.41) is 14.7. The number of Topliss-reactive ketones (excluding diaryl/α,β-unsaturated/α-hetero) is 2. The molecule has 5 heteroatoms. The highest BCUT2D eigenvalue weighted by atomic mass is 79.9. The molecule has 0 radical (unpaired) electrons. The molecule has 0 bridgehead atoms. The maximum atomic E-state index is 12.9. The maximum Gasteiger partial charge on any atom is 0.158 e. The van der Waals surface area contributed by atoms with Crippen molar-refractivity contribution in [3.05, 3.63) is 75.4 Å². The molecule has 0 aliphatic heterocycles. The normalized spacial score (nSPS) is 23.7. The summed E-state index contributed by atoms with van der Waals surface area (Å²) in [6.07, 6.45) is 0.197. The van der Waals surface area contributed by atoms with Crippen molar-refractivity contribution in [1.82, 2.24) is 0 Å². The SMILES string of the molecule is CC(=O)C1=C(Nc2ccc(Br)cc2)C[C@](C)(O)[C@@H](C(C)=O)[C@@H]1c1ccc(C(C)C)cc1. The van der Waals surface area contributed by atoms with E-state index in [9.17, 15) is 14.7 Å². The fourth-order valence-electron chi connectivity index (χ4n) is 4.65. The van der Waals surface area contributed by atoms with E-state index in [0.29, 0.717) is 17.2 Å². The molecule has 2 aromatic carbocycles. The van der Waals surface area contributed by atoms with Gasteiger partial charge in [0.2, 0.25) is 0 Å². The smallest absolute Gasteiger partial charge is 0.158 e. The second kappa shape index (κ2) is 9.09. The lowest BCUT2D eigenvalue weighted by atomic mass is 9.63. The Labute approximate surface area is 192 Å². The third-order valence-corrected chi connectivity index (χ3v) is 6.62. The summed E-state index contributed by atoms with van der Waals surface area (Å²) in [6, 6.07) is 15.7. The van der Waals surface area contributed by atoms with E-state index >= 15 is 0 Å². The number of allylic oxidation sites excluding steroid dienone is 1. The Kier molecular flexibility index (Phi) is 6.87. The lowest BCUT2D eigenvalue weighted by molar-refractivity contribution is -0.131. The van der Waals surface area contributed by atoms with Gasteiger partial charge < -0.3 is 10.4 Å². The van der Waals surface area contributed by atoms with Gasteiger partial charge >= 0.3 is 0 Å². The molecule has 164 valence electrons. The van der Waals surface area contributed by atoms with E-state index in [0.717, 1.165) is 15.7 Å². The number of anilines is 1. The Balaban J connectivity index is 2.18. The molecule has 0 amide bonds. The molecule has 0 spiro atoms. The van der Waals surface area contributed by atoms with Gasteiger partial charge in [-0.25, -0.2) is 0 Å². The number of carbonyl (C=O) groups excluding carboxylic acids is 2. The van der Waals surface area contributed by atoms with Gasteiger partial charge in [-0.05, 0) is 62.1 Å². The number of hydrogen-bond donors (Lipinski definition) is 2. The zero-order valence-electron chi connectivity index (χ0n) is 18.7. The van der Waals surface area contributed by atoms with Crippen LogP contribution < -0.4 is 5.32 Å². The minimum atomic E-state index is -1.29. The Bertz CT molecular complexity index is 1000. The standard InChI is InChI=1S/C26H30BrNO3/c1-15(2)18-6-8-19(9-7-18)24-23(16(3)29)22(14-26(5,31)25(24)17(4)30)28-21-12-10-20(27)11-13-21/h6-13,15,24-25,28,31H,14H2,1-5H3/t24-,25+,26+/m1/s1. The van der Waals surface area contributed by atoms with E-state index in [2.05, 4.69) is 35.1 Å². The van der Waals surface area contributed by atoms with Crippen molar-refractivity contribution in [3.63, 3.8) is 0 Å². The molecule has 3 atom stereocenters. The number of aliphatic hydroxyl groups is 1. The topological polar surface area (TPSA) is 66.4 Å². The zero-order valence-corrected chi connectivity index (χ0v) is 20.3. The summed E-state index contributed by atoms with van der Waals surface area (Å²) >= 11 is 3.43. The first-order valence-electron chi connectivity index (χ1n) is 10.6. The Hall–Kier alpha value is -2.24. The lowest BCUT2D eigenvalue weighted by Crippen LogP contribution is -2.48. The first kappa shape index (κ1) is 23.4. The van der Waals surface area contributed by atoms with E-state index in [1.807, 2.05) is 48.5 Å². The summed E-state index contributed by atoms with van der Waals surface area (Å²) in [7, 11) is 0. The average molecular weight is 484 g/mol. The molecule has 31 heavy (non-hydrogen) atoms. The number of halogens is 1. The van der Waals surface area contributed by atoms with Crippen LogP contribution in [0.25, 0.3) is 0 Å². The fraction of sp³-hybridized carbons (Fsp3) is 0.385. The van der Waals surface area contributed by atoms with Crippen molar-refractivity contribution in [2.45, 2.75) is 58.5 Å². The third kappa shape index (κ3) is 4.99. The van der Waals surface area contributed by atoms with Gasteiger partial charge in [0.25, 0.3) is 0 Å². The van der Waals surface area contributed by atoms with Crippen molar-refractivity contribution in [2.24, 2.45) is 5.92 Å². The van der Waals surface area contributed by atoms with Gasteiger partial charge in [0, 0.05) is 33.8 Å². The van der Waals surface area contributed by atoms with Crippen LogP contribution in [0.3, 0.4) is 0 Å². The molecule has 3 rings (SSSR count). The van der Waals surface area contributed by atoms with E-state index in [-0.39, 0.29) is 18.0 Å². The molecule has 1 aliphatic rings. The van der Waals surface area contributed by atoms with Crippen molar-refractivity contribution in [3.8, 4) is 0 Å². The van der Waals surface area contributed by atoms with E-state index in [1.165, 1.54) is 19.4 Å². The van der Waals surface area contributed by atoms with E-state index < -0.39 is 17.4 Å². The molecule has 4 nitrogen and oxygen atoms in total. The van der Waals surface area contributed by atoms with Crippen LogP contribution in [0.1, 0.15) is 64.0 Å². The van der Waals surface area contributed by atoms with Gasteiger partial charge in [-0.3, -0.25) is 9.59 Å². The Morgan fingerprint density at radius 2 is 1.65 bits per heavy atom. The van der Waals surface area contributed by atoms with Gasteiger partial charge in [0.05, 0.1) is 11.5 Å². The van der Waals surface area contributed by atoms with Crippen LogP contribution in [-0.4, -0.2) is 22.3 Å². The highest BCUT2D eigenvalue weighted by Gasteiger charge is 2.49. The average Bonchev–Trinajstić information content (AvgIpc) is 2.68. The zero-order chi connectivity index (χ0) is 22.9. The third-order valence-electron chi connectivity index (χ3n) is 6.09. The predicted octanol–water partition coefficient (Wildman–Crippen LogP) is 5.97. The number of benzene rings is 2. The van der Waals surface area contributed by atoms with E-state index in [1.54, 1.807) is 6.92 Å². The van der Waals surface area contributed by atoms with Gasteiger partial charge in [-0.15, -0.1) is 0 Å². The van der Waals surface area contributed by atoms with Crippen LogP contribution in [0.4, 0.5) is 5.69 Å². The predicted molar refractivity (Wildman–Crippen MR) is 128 cm³/mol. The van der Waals surface area contributed by atoms with Crippen molar-refractivity contribution >= 4 is 33.2 Å². The van der Waals surface area contributed by atoms with Gasteiger partial charge in [-0.1, -0.05) is 54.0 Å². The van der Waals surface area contributed by atoms with Crippen LogP contribution in [0, 0.1) is 5.92 Å². The molecule has 0 heterocycles. The minimum absolute atomic E-state index is 0.0979. The van der Waals surface area contributed by atoms with Crippen molar-refractivity contribution < 1.29 is 14.7 Å². The van der Waals surface area contributed by atoms with Crippen LogP contribution in [0.2, 0.25) is 0 Å². The van der Waals surface area contributed by atoms with Crippen LogP contribution >= 0.6 is 15.9 Å². The molecule has 1 aliphatic carbocycles. The molecule has 0 saturated heterocycles. The summed E-state index contributed by atoms with van der Waals surface area (Å²) in [5.41, 5.74) is 2.81. The first-order chi connectivity index (χ1) is 14.5. The number of rotatable bonds is 6. The van der Waals surface area contributed by atoms with Gasteiger partial charge in [-0.2, -0.15) is 0 Å². The largest absolute Gasteiger partial charge is 0.389 e. The van der Waals surface area contributed by atoms with Gasteiger partial charge in [0.1, 0.15) is 5.78 Å². The van der Waals surface area contributed by atoms with Crippen LogP contribution in [0.15, 0.2) is 64.3 Å². The number of nitrogens with one attached hydrogen (secondary N) is 1. The highest BCUT2D eigenvalue weighted by Crippen LogP contribution is 2.48. The van der Waals surface area contributed by atoms with E-state index in [4.69, 9.17) is 0 Å². The Morgan fingerprint density at radius 3 is 2.13 bits per heavy atom. The number of ketones is 2. The summed E-state index contributed by atoms with van der Waals surface area (Å²) in [5.74, 6) is -1.06. The summed E-state index contributed by atoms with van der Waals surface area (Å²) < 4.78 is 0.953. The molecular formula is C26H30BrNO3. The summed E-state index contributed by atoms with van der Waals surface area (Å²) in [6.45, 7) is 8.97. The second-order valence-electron chi connectivity index (χ2n) is 9.00. The quantitative estimate of drug-likeness (QED) is 0.530. The molecule has 2 aromatic rings. The van der Waals surface area contributed by atoms with Crippen LogP contribution in [-0.2, 0) is 9.59 Å². The van der Waals surface area contributed by atoms with Crippen molar-refractivity contribution in [1.29, 1.82) is 0 Å². The molecule has 0 saturated carbocycles. The maximum absolute atomic E-state index is 12.9. The molecule has 0 fully saturated rings. The summed E-state index contributed by atoms with van der Waals surface area (Å²) in [4.78, 5) is 25.6. The molecule has 0 unspecified atom stereocenters. The number of carbonyl (C=O) groups is 2. The molecule has 2 N–H and O–H groups in total. The van der Waals surface area contributed by atoms with Crippen LogP contribution in [0.5, 0.6) is 0 Å². The lowest BCUT2D eigenvalue weighted by Gasteiger charge is -2.43. The van der Waals surface area contributed by atoms with Gasteiger partial charge in [0.15, 0.2) is 5.78 Å². The monoisotopic (exact) mass is 483 g/mol. The first-order valence-corrected chi connectivity index (χ1v) is 11.4. The Morgan fingerprint density at radius 1 is 1.06 bits per heavy atom. The van der Waals surface area contributed by atoms with Crippen molar-refractivity contribution in [2.75, 3.05) is 5.32 Å².